The predicted molar refractivity (Wildman–Crippen MR) is 273 cm³/mol. The highest BCUT2D eigenvalue weighted by Crippen LogP contribution is 2.48. The number of hydrogen-bond donors (Lipinski definition) is 9. The molecule has 6 aromatic rings. The van der Waals surface area contributed by atoms with Crippen LogP contribution in [0.25, 0.3) is 0 Å². The van der Waals surface area contributed by atoms with Crippen molar-refractivity contribution in [2.45, 2.75) is 34.8 Å². The lowest BCUT2D eigenvalue weighted by Crippen LogP contribution is -2.36. The highest BCUT2D eigenvalue weighted by molar-refractivity contribution is 8.76. The second-order valence-electron chi connectivity index (χ2n) is 14.3. The zero-order valence-electron chi connectivity index (χ0n) is 35.9. The van der Waals surface area contributed by atoms with Crippen LogP contribution in [0, 0.1) is 0 Å². The average molecular weight is 969 g/mol. The molecule has 0 bridgehead atoms. The largest absolute Gasteiger partial charge is 0.480 e. The molecule has 0 radical (unpaired) electrons. The molecule has 0 unspecified atom stereocenters. The molecular weight excluding hydrogens is 913 g/mol. The van der Waals surface area contributed by atoms with Gasteiger partial charge in [0.1, 0.15) is 24.2 Å². The van der Waals surface area contributed by atoms with Gasteiger partial charge in [-0.15, -0.1) is 11.8 Å². The Hall–Kier alpha value is -5.56. The predicted octanol–water partition coefficient (Wildman–Crippen LogP) is 7.51. The molecule has 6 aromatic carbocycles. The molecule has 66 heavy (non-hydrogen) atoms. The number of thiol groups is 1. The SMILES string of the molecule is N[C@@H](CS)C(=O)O.N[C@@H](CSC(c1ccccc1)(c1ccccc1)c1ccccc1)C(=O)O.N[C@@H](CSSC[C@H](N)C(=O)O)C(=O)O.c1ccc(C(c2ccccc2)c2ccccc2)cc1. The van der Waals surface area contributed by atoms with Crippen LogP contribution in [0.2, 0.25) is 0 Å². The maximum absolute atomic E-state index is 11.3. The third kappa shape index (κ3) is 18.0. The zero-order chi connectivity index (χ0) is 48.3. The van der Waals surface area contributed by atoms with Gasteiger partial charge in [-0.1, -0.05) is 204 Å². The molecule has 0 aromatic heterocycles. The van der Waals surface area contributed by atoms with Crippen LogP contribution in [0.1, 0.15) is 39.3 Å². The molecule has 348 valence electrons. The Morgan fingerprint density at radius 3 is 0.879 bits per heavy atom. The van der Waals surface area contributed by atoms with E-state index in [0.29, 0.717) is 11.7 Å². The first kappa shape index (κ1) is 54.8. The van der Waals surface area contributed by atoms with Crippen LogP contribution in [0.4, 0.5) is 0 Å². The summed E-state index contributed by atoms with van der Waals surface area (Å²) in [7, 11) is 2.41. The Labute approximate surface area is 403 Å². The molecule has 0 fully saturated rings. The lowest BCUT2D eigenvalue weighted by molar-refractivity contribution is -0.138. The van der Waals surface area contributed by atoms with Gasteiger partial charge in [-0.05, 0) is 33.4 Å². The van der Waals surface area contributed by atoms with Gasteiger partial charge in [-0.3, -0.25) is 19.2 Å². The normalized spacial score (nSPS) is 12.5. The Morgan fingerprint density at radius 2 is 0.652 bits per heavy atom. The third-order valence-electron chi connectivity index (χ3n) is 9.46. The standard InChI is InChI=1S/C22H21NO2S.C19H16.C6H12N2O4S2.C3H7NO2S/c23-20(21(24)25)16-26-22(17-10-4-1-5-11-17,18-12-6-2-7-13-18)19-14-8-3-9-15-19;1-4-10-16(11-5-1)19(17-12-6-2-7-13-17)18-14-8-3-9-15-18;7-3(5(9)10)1-13-14-2-4(8)6(11)12;4-2(1-7)3(5)6/h1-15,20H,16,23H2,(H,24,25);1-15,19H;3-4H,1-2,7-8H2,(H,9,10)(H,11,12);2,7H,1,4H2,(H,5,6)/t20-;;3-,4-;2-/m0.00/s1. The number of benzene rings is 6. The van der Waals surface area contributed by atoms with Crippen molar-refractivity contribution in [3.8, 4) is 0 Å². The third-order valence-corrected chi connectivity index (χ3v) is 14.0. The van der Waals surface area contributed by atoms with E-state index in [1.807, 2.05) is 54.6 Å². The lowest BCUT2D eigenvalue weighted by atomic mass is 9.84. The number of aliphatic carboxylic acids is 4. The summed E-state index contributed by atoms with van der Waals surface area (Å²) in [4.78, 5) is 41.6. The van der Waals surface area contributed by atoms with E-state index < -0.39 is 52.8 Å². The van der Waals surface area contributed by atoms with Gasteiger partial charge in [0, 0.05) is 28.9 Å². The van der Waals surface area contributed by atoms with Crippen molar-refractivity contribution in [2.75, 3.05) is 23.0 Å². The maximum atomic E-state index is 11.3. The second-order valence-corrected chi connectivity index (χ2v) is 18.4. The minimum atomic E-state index is -1.07. The van der Waals surface area contributed by atoms with Crippen LogP contribution in [-0.4, -0.2) is 91.5 Å². The monoisotopic (exact) mass is 968 g/mol. The first-order chi connectivity index (χ1) is 31.7. The Morgan fingerprint density at radius 1 is 0.409 bits per heavy atom. The molecule has 12 N–H and O–H groups in total. The fourth-order valence-electron chi connectivity index (χ4n) is 6.03. The van der Waals surface area contributed by atoms with Gasteiger partial charge in [-0.2, -0.15) is 12.6 Å². The van der Waals surface area contributed by atoms with E-state index in [-0.39, 0.29) is 17.3 Å². The molecule has 0 aliphatic heterocycles. The van der Waals surface area contributed by atoms with E-state index in [4.69, 9.17) is 38.3 Å². The van der Waals surface area contributed by atoms with E-state index >= 15 is 0 Å². The number of hydrogen-bond acceptors (Lipinski definition) is 12. The van der Waals surface area contributed by atoms with Crippen LogP contribution in [0.5, 0.6) is 0 Å². The number of nitrogens with two attached hydrogens (primary N) is 4. The fraction of sp³-hybridized carbons (Fsp3) is 0.200. The Bertz CT molecular complexity index is 2100. The molecular formula is C50H56N4O8S4. The van der Waals surface area contributed by atoms with Crippen LogP contribution < -0.4 is 22.9 Å². The van der Waals surface area contributed by atoms with Crippen LogP contribution in [0.15, 0.2) is 182 Å². The van der Waals surface area contributed by atoms with E-state index in [9.17, 15) is 24.3 Å². The molecule has 0 aliphatic rings. The smallest absolute Gasteiger partial charge is 0.321 e. The molecule has 0 heterocycles. The summed E-state index contributed by atoms with van der Waals surface area (Å²) in [6, 6.07) is 58.9. The van der Waals surface area contributed by atoms with Gasteiger partial charge in [-0.25, -0.2) is 0 Å². The van der Waals surface area contributed by atoms with Gasteiger partial charge in [0.15, 0.2) is 0 Å². The highest BCUT2D eigenvalue weighted by atomic mass is 33.1. The molecule has 4 atom stereocenters. The van der Waals surface area contributed by atoms with Gasteiger partial charge in [0.25, 0.3) is 0 Å². The summed E-state index contributed by atoms with van der Waals surface area (Å²) in [5.74, 6) is -2.87. The first-order valence-electron chi connectivity index (χ1n) is 20.5. The quantitative estimate of drug-likeness (QED) is 0.0165. The van der Waals surface area contributed by atoms with E-state index in [1.165, 1.54) is 38.3 Å². The summed E-state index contributed by atoms with van der Waals surface area (Å²) in [6.07, 6.45) is 0. The summed E-state index contributed by atoms with van der Waals surface area (Å²) in [5, 5.41) is 34.1. The molecule has 16 heteroatoms. The van der Waals surface area contributed by atoms with E-state index in [0.717, 1.165) is 16.7 Å². The van der Waals surface area contributed by atoms with Gasteiger partial charge < -0.3 is 43.4 Å². The van der Waals surface area contributed by atoms with Crippen molar-refractivity contribution < 1.29 is 39.6 Å². The maximum Gasteiger partial charge on any atom is 0.321 e. The van der Waals surface area contributed by atoms with Crippen LogP contribution in [0.3, 0.4) is 0 Å². The number of carboxylic acid groups (broad SMARTS) is 4. The highest BCUT2D eigenvalue weighted by Gasteiger charge is 2.37. The molecule has 0 spiro atoms. The van der Waals surface area contributed by atoms with Crippen molar-refractivity contribution in [1.29, 1.82) is 0 Å². The van der Waals surface area contributed by atoms with Gasteiger partial charge in [0.2, 0.25) is 0 Å². The number of carbonyl (C=O) groups is 4. The molecule has 0 saturated carbocycles. The number of carboxylic acids is 4. The number of rotatable bonds is 19. The van der Waals surface area contributed by atoms with Gasteiger partial charge >= 0.3 is 23.9 Å². The molecule has 0 aliphatic carbocycles. The number of thioether (sulfide) groups is 1. The first-order valence-corrected chi connectivity index (χ1v) is 24.6. The summed E-state index contributed by atoms with van der Waals surface area (Å²) in [5.41, 5.74) is 28.5. The van der Waals surface area contributed by atoms with Crippen molar-refractivity contribution in [2.24, 2.45) is 22.9 Å². The Kier molecular flexibility index (Phi) is 24.8. The molecule has 6 rings (SSSR count). The van der Waals surface area contributed by atoms with Crippen molar-refractivity contribution in [3.63, 3.8) is 0 Å². The molecule has 12 nitrogen and oxygen atoms in total. The second kappa shape index (κ2) is 29.9. The molecule has 0 amide bonds. The van der Waals surface area contributed by atoms with Gasteiger partial charge in [0.05, 0.1) is 4.75 Å². The molecule has 0 saturated heterocycles. The summed E-state index contributed by atoms with van der Waals surface area (Å²) >= 11 is 5.21. The minimum Gasteiger partial charge on any atom is -0.480 e. The summed E-state index contributed by atoms with van der Waals surface area (Å²) in [6.45, 7) is 0. The minimum absolute atomic E-state index is 0.190. The fourth-order valence-corrected chi connectivity index (χ4v) is 9.90. The van der Waals surface area contributed by atoms with Crippen LogP contribution in [-0.2, 0) is 23.9 Å². The van der Waals surface area contributed by atoms with Crippen molar-refractivity contribution in [1.82, 2.24) is 0 Å². The average Bonchev–Trinajstić information content (AvgIpc) is 3.35. The van der Waals surface area contributed by atoms with E-state index in [2.05, 4.69) is 140 Å². The summed E-state index contributed by atoms with van der Waals surface area (Å²) < 4.78 is -0.531. The van der Waals surface area contributed by atoms with Crippen LogP contribution >= 0.6 is 46.0 Å². The van der Waals surface area contributed by atoms with Crippen molar-refractivity contribution in [3.05, 3.63) is 215 Å². The zero-order valence-corrected chi connectivity index (χ0v) is 39.3. The lowest BCUT2D eigenvalue weighted by Gasteiger charge is -2.36. The Balaban J connectivity index is 0.000000255. The van der Waals surface area contributed by atoms with E-state index in [1.54, 1.807) is 11.8 Å². The van der Waals surface area contributed by atoms with Crippen molar-refractivity contribution >= 4 is 69.9 Å². The topological polar surface area (TPSA) is 253 Å².